The van der Waals surface area contributed by atoms with Crippen LogP contribution in [0.1, 0.15) is 34.7 Å². The van der Waals surface area contributed by atoms with Crippen molar-refractivity contribution in [1.82, 2.24) is 19.8 Å². The number of likely N-dealkylation sites (N-methyl/N-ethyl adjacent to an activating group) is 1. The first-order chi connectivity index (χ1) is 24.7. The van der Waals surface area contributed by atoms with E-state index in [2.05, 4.69) is 32.1 Å². The van der Waals surface area contributed by atoms with Gasteiger partial charge in [0.05, 0.1) is 40.5 Å². The molecule has 0 bridgehead atoms. The van der Waals surface area contributed by atoms with E-state index in [-0.39, 0.29) is 6.54 Å². The van der Waals surface area contributed by atoms with Crippen LogP contribution in [0, 0.1) is 20.8 Å². The number of piperazine rings is 1. The number of benzene rings is 3. The zero-order valence-electron chi connectivity index (χ0n) is 30.8. The number of ether oxygens (including phenoxy) is 5. The van der Waals surface area contributed by atoms with Crippen LogP contribution in [-0.4, -0.2) is 100 Å². The summed E-state index contributed by atoms with van der Waals surface area (Å²) in [5.41, 5.74) is 4.44. The van der Waals surface area contributed by atoms with Crippen LogP contribution in [0.25, 0.3) is 0 Å². The third-order valence-electron chi connectivity index (χ3n) is 9.00. The molecule has 1 amide bonds. The molecule has 5 rings (SSSR count). The summed E-state index contributed by atoms with van der Waals surface area (Å²) in [4.78, 5) is 28.9. The predicted octanol–water partition coefficient (Wildman–Crippen LogP) is 6.30. The molecule has 1 fully saturated rings. The van der Waals surface area contributed by atoms with E-state index in [4.69, 9.17) is 23.7 Å². The molecule has 1 saturated heterocycles. The second-order valence-corrected chi connectivity index (χ2v) is 12.8. The summed E-state index contributed by atoms with van der Waals surface area (Å²) in [6.45, 7) is 11.8. The van der Waals surface area contributed by atoms with Gasteiger partial charge in [0, 0.05) is 56.7 Å². The van der Waals surface area contributed by atoms with Crippen LogP contribution in [0.5, 0.6) is 28.7 Å². The van der Waals surface area contributed by atoms with Crippen molar-refractivity contribution in [1.29, 1.82) is 0 Å². The molecule has 1 N–H and O–H groups in total. The lowest BCUT2D eigenvalue weighted by Crippen LogP contribution is -2.44. The number of nitrogens with zero attached hydrogens (tertiary/aromatic N) is 5. The van der Waals surface area contributed by atoms with Crippen molar-refractivity contribution in [3.8, 4) is 28.7 Å². The summed E-state index contributed by atoms with van der Waals surface area (Å²) in [5.74, 6) is 3.22. The molecule has 1 aliphatic heterocycles. The zero-order valence-corrected chi connectivity index (χ0v) is 30.8. The van der Waals surface area contributed by atoms with Gasteiger partial charge in [-0.15, -0.1) is 0 Å². The average Bonchev–Trinajstić information content (AvgIpc) is 3.14. The van der Waals surface area contributed by atoms with Crippen LogP contribution in [0.4, 0.5) is 16.3 Å². The quantitative estimate of drug-likeness (QED) is 0.141. The lowest BCUT2D eigenvalue weighted by molar-refractivity contribution is 0.145. The van der Waals surface area contributed by atoms with Gasteiger partial charge < -0.3 is 38.8 Å². The lowest BCUT2D eigenvalue weighted by Gasteiger charge is -2.32. The first-order valence-electron chi connectivity index (χ1n) is 17.2. The number of amides is 1. The van der Waals surface area contributed by atoms with E-state index in [0.29, 0.717) is 46.9 Å². The Morgan fingerprint density at radius 2 is 1.59 bits per heavy atom. The van der Waals surface area contributed by atoms with E-state index in [9.17, 15) is 4.79 Å². The van der Waals surface area contributed by atoms with Crippen molar-refractivity contribution in [2.24, 2.45) is 0 Å². The van der Waals surface area contributed by atoms with E-state index in [1.165, 1.54) is 11.2 Å². The average molecular weight is 699 g/mol. The number of aryl methyl sites for hydroxylation is 3. The normalized spacial score (nSPS) is 14.0. The fourth-order valence-corrected chi connectivity index (χ4v) is 6.29. The summed E-state index contributed by atoms with van der Waals surface area (Å²) < 4.78 is 29.3. The minimum atomic E-state index is -0.569. The fourth-order valence-electron chi connectivity index (χ4n) is 6.29. The number of aromatic nitrogens is 2. The molecule has 272 valence electrons. The van der Waals surface area contributed by atoms with Gasteiger partial charge >= 0.3 is 6.09 Å². The maximum Gasteiger partial charge on any atom is 0.421 e. The molecule has 0 aliphatic carbocycles. The van der Waals surface area contributed by atoms with Crippen LogP contribution in [-0.2, 0) is 0 Å². The molecule has 1 atom stereocenters. The zero-order chi connectivity index (χ0) is 36.3. The van der Waals surface area contributed by atoms with Crippen molar-refractivity contribution in [2.75, 3.05) is 84.5 Å². The Labute approximate surface area is 301 Å². The highest BCUT2D eigenvalue weighted by molar-refractivity contribution is 5.88. The number of rotatable bonds is 15. The van der Waals surface area contributed by atoms with Crippen molar-refractivity contribution < 1.29 is 28.5 Å². The van der Waals surface area contributed by atoms with E-state index in [1.807, 2.05) is 69.3 Å². The number of nitrogens with one attached hydrogen (secondary N) is 1. The first kappa shape index (κ1) is 37.2. The lowest BCUT2D eigenvalue weighted by atomic mass is 10.0. The molecule has 0 saturated carbocycles. The van der Waals surface area contributed by atoms with Gasteiger partial charge in [0.25, 0.3) is 0 Å². The number of hydrogen-bond acceptors (Lipinski definition) is 11. The minimum Gasteiger partial charge on any atom is -0.497 e. The maximum atomic E-state index is 14.1. The molecule has 0 spiro atoms. The third kappa shape index (κ3) is 9.80. The fraction of sp³-hybridized carbons (Fsp3) is 0.410. The largest absolute Gasteiger partial charge is 0.497 e. The van der Waals surface area contributed by atoms with E-state index >= 15 is 0 Å². The highest BCUT2D eigenvalue weighted by Crippen LogP contribution is 2.41. The van der Waals surface area contributed by atoms with E-state index in [1.54, 1.807) is 33.6 Å². The van der Waals surface area contributed by atoms with Gasteiger partial charge in [-0.3, -0.25) is 4.90 Å². The van der Waals surface area contributed by atoms with Crippen LogP contribution < -0.4 is 33.9 Å². The summed E-state index contributed by atoms with van der Waals surface area (Å²) in [6.07, 6.45) is 3.32. The number of methoxy groups -OCH3 is 3. The molecule has 51 heavy (non-hydrogen) atoms. The number of hydrogen-bond donors (Lipinski definition) is 1. The molecule has 2 heterocycles. The topological polar surface area (TPSA) is 111 Å². The predicted molar refractivity (Wildman–Crippen MR) is 199 cm³/mol. The molecule has 12 heteroatoms. The standard InChI is InChI=1S/C39H50N6O6/c1-27-21-28(2)37(29(3)22-27)51-39(46)45(36-13-14-40-26-41-36)25-33(30-9-11-32(47-5)12-10-30)42-31-23-34(48-6)38(49-7)35(24-31)50-20-8-15-44-18-16-43(4)17-19-44/h9-14,21-24,26,33,42H,8,15-20,25H2,1-7H3. The van der Waals surface area contributed by atoms with Crippen LogP contribution in [0.3, 0.4) is 0 Å². The van der Waals surface area contributed by atoms with Gasteiger partial charge in [-0.1, -0.05) is 29.8 Å². The van der Waals surface area contributed by atoms with E-state index < -0.39 is 12.1 Å². The maximum absolute atomic E-state index is 14.1. The van der Waals surface area contributed by atoms with Crippen molar-refractivity contribution in [3.63, 3.8) is 0 Å². The summed E-state index contributed by atoms with van der Waals surface area (Å²) in [6, 6.07) is 16.7. The van der Waals surface area contributed by atoms with Gasteiger partial charge in [0.1, 0.15) is 23.6 Å². The van der Waals surface area contributed by atoms with Crippen LogP contribution in [0.15, 0.2) is 67.1 Å². The molecule has 1 unspecified atom stereocenters. The SMILES string of the molecule is COc1ccc(C(CN(C(=O)Oc2c(C)cc(C)cc2C)c2ccncn2)Nc2cc(OC)c(OC)c(OCCCN3CCN(C)CC3)c2)cc1. The summed E-state index contributed by atoms with van der Waals surface area (Å²) in [7, 11) is 6.99. The van der Waals surface area contributed by atoms with Gasteiger partial charge in [-0.2, -0.15) is 0 Å². The van der Waals surface area contributed by atoms with Crippen molar-refractivity contribution in [2.45, 2.75) is 33.2 Å². The molecule has 3 aromatic carbocycles. The Hall–Kier alpha value is -5.07. The van der Waals surface area contributed by atoms with Gasteiger partial charge in [-0.25, -0.2) is 14.8 Å². The van der Waals surface area contributed by atoms with Crippen molar-refractivity contribution in [3.05, 3.63) is 89.4 Å². The molecule has 0 radical (unpaired) electrons. The highest BCUT2D eigenvalue weighted by Gasteiger charge is 2.27. The van der Waals surface area contributed by atoms with Crippen molar-refractivity contribution >= 4 is 17.6 Å². The Bertz CT molecular complexity index is 1710. The Kier molecular flexibility index (Phi) is 12.9. The Balaban J connectivity index is 1.43. The number of carbonyl (C=O) groups is 1. The van der Waals surface area contributed by atoms with Gasteiger partial charge in [0.15, 0.2) is 11.5 Å². The smallest absolute Gasteiger partial charge is 0.421 e. The van der Waals surface area contributed by atoms with Gasteiger partial charge in [-0.05, 0) is 69.1 Å². The second kappa shape index (κ2) is 17.7. The molecule has 1 aliphatic rings. The molecular weight excluding hydrogens is 648 g/mol. The summed E-state index contributed by atoms with van der Waals surface area (Å²) >= 11 is 0. The van der Waals surface area contributed by atoms with E-state index in [0.717, 1.165) is 61.4 Å². The van der Waals surface area contributed by atoms with Crippen LogP contribution in [0.2, 0.25) is 0 Å². The number of carbonyl (C=O) groups excluding carboxylic acids is 1. The monoisotopic (exact) mass is 698 g/mol. The number of anilines is 2. The molecule has 1 aromatic heterocycles. The summed E-state index contributed by atoms with van der Waals surface area (Å²) in [5, 5.41) is 3.63. The highest BCUT2D eigenvalue weighted by atomic mass is 16.6. The molecule has 4 aromatic rings. The Morgan fingerprint density at radius 1 is 0.882 bits per heavy atom. The van der Waals surface area contributed by atoms with Crippen LogP contribution >= 0.6 is 0 Å². The first-order valence-corrected chi connectivity index (χ1v) is 17.2. The molecular formula is C39H50N6O6. The second-order valence-electron chi connectivity index (χ2n) is 12.8. The minimum absolute atomic E-state index is 0.154. The molecule has 12 nitrogen and oxygen atoms in total. The van der Waals surface area contributed by atoms with Gasteiger partial charge in [0.2, 0.25) is 5.75 Å². The Morgan fingerprint density at radius 3 is 2.22 bits per heavy atom. The third-order valence-corrected chi connectivity index (χ3v) is 9.00.